The number of rotatable bonds is 6. The van der Waals surface area contributed by atoms with Crippen LogP contribution in [0.5, 0.6) is 0 Å². The van der Waals surface area contributed by atoms with Crippen molar-refractivity contribution >= 4 is 5.91 Å². The second-order valence-corrected chi connectivity index (χ2v) is 3.42. The maximum Gasteiger partial charge on any atom is 0.237 e. The van der Waals surface area contributed by atoms with E-state index in [0.717, 1.165) is 0 Å². The van der Waals surface area contributed by atoms with Gasteiger partial charge in [-0.05, 0) is 33.7 Å². The largest absolute Gasteiger partial charge is 0.396 e. The van der Waals surface area contributed by atoms with Gasteiger partial charge in [0.05, 0.1) is 6.04 Å². The minimum absolute atomic E-state index is 0.00735. The highest BCUT2D eigenvalue weighted by Crippen LogP contribution is 1.85. The van der Waals surface area contributed by atoms with Crippen LogP contribution in [0.3, 0.4) is 0 Å². The third-order valence-corrected chi connectivity index (χ3v) is 1.61. The summed E-state index contributed by atoms with van der Waals surface area (Å²) < 4.78 is 0. The van der Waals surface area contributed by atoms with Gasteiger partial charge in [-0.3, -0.25) is 4.79 Å². The number of aliphatic hydroxyl groups excluding tert-OH is 1. The van der Waals surface area contributed by atoms with E-state index in [-0.39, 0.29) is 24.6 Å². The summed E-state index contributed by atoms with van der Waals surface area (Å²) in [6.45, 7) is 6.50. The predicted octanol–water partition coefficient (Wildman–Crippen LogP) is -0.128. The Kier molecular flexibility index (Phi) is 6.54. The standard InChI is InChI=1S/C9H20N2O2/c1-7(2)11-9(13)8(3)10-5-4-6-12/h7-8,10,12H,4-6H2,1-3H3,(H,11,13). The number of hydrogen-bond donors (Lipinski definition) is 3. The first-order valence-corrected chi connectivity index (χ1v) is 4.72. The van der Waals surface area contributed by atoms with Gasteiger partial charge in [0.25, 0.3) is 0 Å². The van der Waals surface area contributed by atoms with Crippen LogP contribution in [0.1, 0.15) is 27.2 Å². The molecule has 78 valence electrons. The zero-order chi connectivity index (χ0) is 10.3. The van der Waals surface area contributed by atoms with Crippen molar-refractivity contribution in [3.63, 3.8) is 0 Å². The SMILES string of the molecule is CC(C)NC(=O)C(C)NCCCO. The predicted molar refractivity (Wildman–Crippen MR) is 52.4 cm³/mol. The molecule has 0 radical (unpaired) electrons. The van der Waals surface area contributed by atoms with Gasteiger partial charge >= 0.3 is 0 Å². The van der Waals surface area contributed by atoms with Gasteiger partial charge in [-0.25, -0.2) is 0 Å². The lowest BCUT2D eigenvalue weighted by Crippen LogP contribution is -2.45. The third-order valence-electron chi connectivity index (χ3n) is 1.61. The molecule has 1 amide bonds. The summed E-state index contributed by atoms with van der Waals surface area (Å²) in [6, 6.07) is -0.0106. The summed E-state index contributed by atoms with van der Waals surface area (Å²) in [5.41, 5.74) is 0. The van der Waals surface area contributed by atoms with Crippen LogP contribution in [-0.2, 0) is 4.79 Å². The summed E-state index contributed by atoms with van der Waals surface area (Å²) in [6.07, 6.45) is 0.680. The maximum atomic E-state index is 11.3. The van der Waals surface area contributed by atoms with Gasteiger partial charge in [-0.1, -0.05) is 0 Å². The van der Waals surface area contributed by atoms with Gasteiger partial charge in [-0.15, -0.1) is 0 Å². The molecule has 4 heteroatoms. The van der Waals surface area contributed by atoms with Gasteiger partial charge in [0, 0.05) is 12.6 Å². The van der Waals surface area contributed by atoms with E-state index in [0.29, 0.717) is 13.0 Å². The molecule has 0 aliphatic heterocycles. The zero-order valence-corrected chi connectivity index (χ0v) is 8.63. The zero-order valence-electron chi connectivity index (χ0n) is 8.63. The first-order valence-electron chi connectivity index (χ1n) is 4.72. The summed E-state index contributed by atoms with van der Waals surface area (Å²) >= 11 is 0. The molecule has 0 saturated carbocycles. The fourth-order valence-electron chi connectivity index (χ4n) is 0.900. The summed E-state index contributed by atoms with van der Waals surface area (Å²) in [5, 5.41) is 14.3. The molecule has 0 aliphatic rings. The van der Waals surface area contributed by atoms with E-state index >= 15 is 0 Å². The molecule has 1 atom stereocenters. The van der Waals surface area contributed by atoms with Gasteiger partial charge in [0.15, 0.2) is 0 Å². The van der Waals surface area contributed by atoms with E-state index in [2.05, 4.69) is 10.6 Å². The highest BCUT2D eigenvalue weighted by molar-refractivity contribution is 5.81. The molecule has 0 spiro atoms. The topological polar surface area (TPSA) is 61.4 Å². The Morgan fingerprint density at radius 1 is 1.38 bits per heavy atom. The molecule has 0 aromatic carbocycles. The third kappa shape index (κ3) is 6.54. The number of carbonyl (C=O) groups excluding carboxylic acids is 1. The van der Waals surface area contributed by atoms with Gasteiger partial charge in [0.2, 0.25) is 5.91 Å². The second kappa shape index (κ2) is 6.86. The van der Waals surface area contributed by atoms with Crippen molar-refractivity contribution in [2.75, 3.05) is 13.2 Å². The molecule has 4 nitrogen and oxygen atoms in total. The van der Waals surface area contributed by atoms with E-state index < -0.39 is 0 Å². The summed E-state index contributed by atoms with van der Waals surface area (Å²) in [5.74, 6) is 0.00735. The smallest absolute Gasteiger partial charge is 0.237 e. The molecule has 0 fully saturated rings. The Bertz CT molecular complexity index is 149. The van der Waals surface area contributed by atoms with Gasteiger partial charge in [-0.2, -0.15) is 0 Å². The normalized spacial score (nSPS) is 13.0. The maximum absolute atomic E-state index is 11.3. The van der Waals surface area contributed by atoms with Crippen LogP contribution in [0.15, 0.2) is 0 Å². The highest BCUT2D eigenvalue weighted by atomic mass is 16.3. The van der Waals surface area contributed by atoms with Crippen LogP contribution in [-0.4, -0.2) is 36.2 Å². The fraction of sp³-hybridized carbons (Fsp3) is 0.889. The minimum Gasteiger partial charge on any atom is -0.396 e. The molecule has 0 rings (SSSR count). The van der Waals surface area contributed by atoms with Gasteiger partial charge in [0.1, 0.15) is 0 Å². The van der Waals surface area contributed by atoms with Gasteiger partial charge < -0.3 is 15.7 Å². The van der Waals surface area contributed by atoms with Crippen molar-refractivity contribution < 1.29 is 9.90 Å². The lowest BCUT2D eigenvalue weighted by Gasteiger charge is -2.15. The molecule has 13 heavy (non-hydrogen) atoms. The highest BCUT2D eigenvalue weighted by Gasteiger charge is 2.11. The van der Waals surface area contributed by atoms with E-state index in [1.807, 2.05) is 20.8 Å². The van der Waals surface area contributed by atoms with E-state index in [1.54, 1.807) is 0 Å². The molecule has 0 bridgehead atoms. The molecule has 0 heterocycles. The Balaban J connectivity index is 3.57. The summed E-state index contributed by atoms with van der Waals surface area (Å²) in [7, 11) is 0. The number of amides is 1. The van der Waals surface area contributed by atoms with Crippen molar-refractivity contribution in [2.24, 2.45) is 0 Å². The van der Waals surface area contributed by atoms with Crippen LogP contribution < -0.4 is 10.6 Å². The molecule has 1 unspecified atom stereocenters. The Morgan fingerprint density at radius 3 is 2.46 bits per heavy atom. The Hall–Kier alpha value is -0.610. The number of nitrogens with one attached hydrogen (secondary N) is 2. The van der Waals surface area contributed by atoms with E-state index in [1.165, 1.54) is 0 Å². The molecule has 0 aromatic rings. The lowest BCUT2D eigenvalue weighted by molar-refractivity contribution is -0.123. The number of hydrogen-bond acceptors (Lipinski definition) is 3. The van der Waals surface area contributed by atoms with Crippen LogP contribution >= 0.6 is 0 Å². The van der Waals surface area contributed by atoms with E-state index in [4.69, 9.17) is 5.11 Å². The fourth-order valence-corrected chi connectivity index (χ4v) is 0.900. The Morgan fingerprint density at radius 2 is 2.00 bits per heavy atom. The number of carbonyl (C=O) groups is 1. The van der Waals surface area contributed by atoms with Crippen molar-refractivity contribution in [1.29, 1.82) is 0 Å². The monoisotopic (exact) mass is 188 g/mol. The lowest BCUT2D eigenvalue weighted by atomic mass is 10.2. The van der Waals surface area contributed by atoms with Crippen LogP contribution in [0.2, 0.25) is 0 Å². The Labute approximate surface area is 79.7 Å². The first kappa shape index (κ1) is 12.4. The van der Waals surface area contributed by atoms with Crippen molar-refractivity contribution in [1.82, 2.24) is 10.6 Å². The summed E-state index contributed by atoms with van der Waals surface area (Å²) in [4.78, 5) is 11.3. The quantitative estimate of drug-likeness (QED) is 0.509. The van der Waals surface area contributed by atoms with Crippen molar-refractivity contribution in [2.45, 2.75) is 39.3 Å². The van der Waals surface area contributed by atoms with Crippen molar-refractivity contribution in [3.05, 3.63) is 0 Å². The number of aliphatic hydroxyl groups is 1. The van der Waals surface area contributed by atoms with E-state index in [9.17, 15) is 4.79 Å². The molecular weight excluding hydrogens is 168 g/mol. The van der Waals surface area contributed by atoms with Crippen LogP contribution in [0.4, 0.5) is 0 Å². The van der Waals surface area contributed by atoms with Crippen LogP contribution in [0.25, 0.3) is 0 Å². The minimum atomic E-state index is -0.186. The molecule has 0 aliphatic carbocycles. The second-order valence-electron chi connectivity index (χ2n) is 3.42. The molecule has 3 N–H and O–H groups in total. The molecule has 0 saturated heterocycles. The van der Waals surface area contributed by atoms with Crippen molar-refractivity contribution in [3.8, 4) is 0 Å². The van der Waals surface area contributed by atoms with Crippen LogP contribution in [0, 0.1) is 0 Å². The molecular formula is C9H20N2O2. The average Bonchev–Trinajstić information content (AvgIpc) is 2.03. The first-order chi connectivity index (χ1) is 6.07. The molecule has 0 aromatic heterocycles. The average molecular weight is 188 g/mol.